The molecule has 4 nitrogen and oxygen atoms in total. The number of rotatable bonds is 5. The predicted octanol–water partition coefficient (Wildman–Crippen LogP) is 2.43. The van der Waals surface area contributed by atoms with Gasteiger partial charge < -0.3 is 20.7 Å². The fourth-order valence-electron chi connectivity index (χ4n) is 2.11. The molecule has 2 aromatic carbocycles. The van der Waals surface area contributed by atoms with Crippen molar-refractivity contribution in [1.29, 1.82) is 0 Å². The Morgan fingerprint density at radius 2 is 1.81 bits per heavy atom. The Hall–Kier alpha value is -1.75. The van der Waals surface area contributed by atoms with Crippen molar-refractivity contribution in [2.24, 2.45) is 5.73 Å². The summed E-state index contributed by atoms with van der Waals surface area (Å²) in [6, 6.07) is 14.0. The summed E-state index contributed by atoms with van der Waals surface area (Å²) in [6.45, 7) is 0. The molecule has 0 spiro atoms. The van der Waals surface area contributed by atoms with Gasteiger partial charge in [0.05, 0.1) is 19.3 Å². The van der Waals surface area contributed by atoms with Crippen LogP contribution in [0.15, 0.2) is 48.5 Å². The van der Waals surface area contributed by atoms with E-state index in [0.717, 1.165) is 11.1 Å². The van der Waals surface area contributed by atoms with Crippen molar-refractivity contribution in [2.45, 2.75) is 18.6 Å². The van der Waals surface area contributed by atoms with E-state index in [9.17, 15) is 10.2 Å². The molecule has 21 heavy (non-hydrogen) atoms. The Balaban J connectivity index is 0.00000220. The maximum Gasteiger partial charge on any atom is 0.160 e. The van der Waals surface area contributed by atoms with Crippen molar-refractivity contribution >= 4 is 12.4 Å². The van der Waals surface area contributed by atoms with E-state index < -0.39 is 12.1 Å². The predicted molar refractivity (Wildman–Crippen MR) is 85.0 cm³/mol. The number of aliphatic hydroxyl groups excluding tert-OH is 1. The van der Waals surface area contributed by atoms with Crippen LogP contribution in [0.3, 0.4) is 0 Å². The summed E-state index contributed by atoms with van der Waals surface area (Å²) in [7, 11) is 1.48. The molecule has 0 unspecified atom stereocenters. The SMILES string of the molecule is COc1cc([C@H](N)[C@H](O)Cc2ccccc2)ccc1O.Cl. The Bertz CT molecular complexity index is 563. The van der Waals surface area contributed by atoms with Crippen molar-refractivity contribution < 1.29 is 14.9 Å². The van der Waals surface area contributed by atoms with Gasteiger partial charge in [-0.05, 0) is 23.3 Å². The van der Waals surface area contributed by atoms with E-state index in [1.807, 2.05) is 30.3 Å². The van der Waals surface area contributed by atoms with Gasteiger partial charge in [0.25, 0.3) is 0 Å². The standard InChI is InChI=1S/C16H19NO3.ClH/c1-20-15-10-12(7-8-13(15)18)16(17)14(19)9-11-5-3-2-4-6-11;/h2-8,10,14,16,18-19H,9,17H2,1H3;1H/t14-,16+;/m1./s1. The Morgan fingerprint density at radius 3 is 2.43 bits per heavy atom. The van der Waals surface area contributed by atoms with E-state index in [-0.39, 0.29) is 18.2 Å². The first-order valence-electron chi connectivity index (χ1n) is 6.46. The third-order valence-corrected chi connectivity index (χ3v) is 3.29. The Morgan fingerprint density at radius 1 is 1.14 bits per heavy atom. The van der Waals surface area contributed by atoms with Crippen LogP contribution < -0.4 is 10.5 Å². The number of hydrogen-bond acceptors (Lipinski definition) is 4. The number of aliphatic hydroxyl groups is 1. The summed E-state index contributed by atoms with van der Waals surface area (Å²) >= 11 is 0. The number of ether oxygens (including phenoxy) is 1. The van der Waals surface area contributed by atoms with Crippen LogP contribution in [0.1, 0.15) is 17.2 Å². The molecule has 2 aromatic rings. The largest absolute Gasteiger partial charge is 0.504 e. The summed E-state index contributed by atoms with van der Waals surface area (Å²) in [5.74, 6) is 0.408. The first-order chi connectivity index (χ1) is 9.61. The Labute approximate surface area is 130 Å². The molecule has 0 aliphatic rings. The second kappa shape index (κ2) is 7.88. The third kappa shape index (κ3) is 4.36. The van der Waals surface area contributed by atoms with Gasteiger partial charge in [0.15, 0.2) is 11.5 Å². The molecule has 0 aliphatic carbocycles. The number of phenols is 1. The van der Waals surface area contributed by atoms with Crippen LogP contribution in [0.4, 0.5) is 0 Å². The van der Waals surface area contributed by atoms with Gasteiger partial charge >= 0.3 is 0 Å². The van der Waals surface area contributed by atoms with Crippen LogP contribution in [0.2, 0.25) is 0 Å². The number of methoxy groups -OCH3 is 1. The molecular weight excluding hydrogens is 290 g/mol. The van der Waals surface area contributed by atoms with Crippen LogP contribution in [0.25, 0.3) is 0 Å². The van der Waals surface area contributed by atoms with Gasteiger partial charge in [-0.3, -0.25) is 0 Å². The van der Waals surface area contributed by atoms with E-state index in [2.05, 4.69) is 0 Å². The van der Waals surface area contributed by atoms with Gasteiger partial charge in [-0.1, -0.05) is 36.4 Å². The smallest absolute Gasteiger partial charge is 0.160 e. The molecule has 0 heterocycles. The fourth-order valence-corrected chi connectivity index (χ4v) is 2.11. The zero-order valence-electron chi connectivity index (χ0n) is 11.8. The summed E-state index contributed by atoms with van der Waals surface area (Å²) in [6.07, 6.45) is -0.225. The second-order valence-corrected chi connectivity index (χ2v) is 4.71. The Kier molecular flexibility index (Phi) is 6.49. The van der Waals surface area contributed by atoms with E-state index in [1.54, 1.807) is 12.1 Å². The molecule has 4 N–H and O–H groups in total. The molecule has 0 bridgehead atoms. The monoisotopic (exact) mass is 309 g/mol. The molecule has 0 radical (unpaired) electrons. The van der Waals surface area contributed by atoms with Crippen LogP contribution in [0.5, 0.6) is 11.5 Å². The number of benzene rings is 2. The highest BCUT2D eigenvalue weighted by atomic mass is 35.5. The molecule has 2 rings (SSSR count). The minimum absolute atomic E-state index is 0. The van der Waals surface area contributed by atoms with Gasteiger partial charge in [-0.25, -0.2) is 0 Å². The first-order valence-corrected chi connectivity index (χ1v) is 6.46. The average molecular weight is 310 g/mol. The summed E-state index contributed by atoms with van der Waals surface area (Å²) in [4.78, 5) is 0. The van der Waals surface area contributed by atoms with Gasteiger partial charge in [-0.15, -0.1) is 12.4 Å². The highest BCUT2D eigenvalue weighted by Crippen LogP contribution is 2.29. The van der Waals surface area contributed by atoms with Crippen molar-refractivity contribution in [3.05, 3.63) is 59.7 Å². The summed E-state index contributed by atoms with van der Waals surface area (Å²) in [5, 5.41) is 19.8. The van der Waals surface area contributed by atoms with E-state index >= 15 is 0 Å². The number of hydrogen-bond donors (Lipinski definition) is 3. The molecule has 5 heteroatoms. The third-order valence-electron chi connectivity index (χ3n) is 3.29. The molecular formula is C16H20ClNO3. The summed E-state index contributed by atoms with van der Waals surface area (Å²) in [5.41, 5.74) is 7.83. The lowest BCUT2D eigenvalue weighted by molar-refractivity contribution is 0.145. The fraction of sp³-hybridized carbons (Fsp3) is 0.250. The normalized spacial score (nSPS) is 13.1. The lowest BCUT2D eigenvalue weighted by atomic mass is 9.96. The number of halogens is 1. The van der Waals surface area contributed by atoms with Crippen molar-refractivity contribution in [3.63, 3.8) is 0 Å². The lowest BCUT2D eigenvalue weighted by Crippen LogP contribution is -2.28. The first kappa shape index (κ1) is 17.3. The van der Waals surface area contributed by atoms with Crippen LogP contribution in [-0.2, 0) is 6.42 Å². The minimum Gasteiger partial charge on any atom is -0.504 e. The molecule has 0 amide bonds. The zero-order chi connectivity index (χ0) is 14.5. The lowest BCUT2D eigenvalue weighted by Gasteiger charge is -2.20. The van der Waals surface area contributed by atoms with Gasteiger partial charge in [-0.2, -0.15) is 0 Å². The van der Waals surface area contributed by atoms with Crippen molar-refractivity contribution in [3.8, 4) is 11.5 Å². The number of phenolic OH excluding ortho intramolecular Hbond substituents is 1. The molecule has 0 fully saturated rings. The van der Waals surface area contributed by atoms with Gasteiger partial charge in [0.2, 0.25) is 0 Å². The van der Waals surface area contributed by atoms with Crippen molar-refractivity contribution in [1.82, 2.24) is 0 Å². The van der Waals surface area contributed by atoms with E-state index in [4.69, 9.17) is 10.5 Å². The quantitative estimate of drug-likeness (QED) is 0.793. The van der Waals surface area contributed by atoms with Crippen LogP contribution >= 0.6 is 12.4 Å². The van der Waals surface area contributed by atoms with Crippen molar-refractivity contribution in [2.75, 3.05) is 7.11 Å². The van der Waals surface area contributed by atoms with Gasteiger partial charge in [0.1, 0.15) is 0 Å². The highest BCUT2D eigenvalue weighted by molar-refractivity contribution is 5.85. The maximum absolute atomic E-state index is 10.2. The zero-order valence-corrected chi connectivity index (χ0v) is 12.6. The van der Waals surface area contributed by atoms with Crippen LogP contribution in [0, 0.1) is 0 Å². The summed E-state index contributed by atoms with van der Waals surface area (Å²) < 4.78 is 5.05. The topological polar surface area (TPSA) is 75.7 Å². The minimum atomic E-state index is -0.702. The number of aromatic hydroxyl groups is 1. The highest BCUT2D eigenvalue weighted by Gasteiger charge is 2.18. The molecule has 0 aliphatic heterocycles. The van der Waals surface area contributed by atoms with Crippen LogP contribution in [-0.4, -0.2) is 23.4 Å². The average Bonchev–Trinajstić information content (AvgIpc) is 2.48. The maximum atomic E-state index is 10.2. The molecule has 0 saturated carbocycles. The second-order valence-electron chi connectivity index (χ2n) is 4.71. The van der Waals surface area contributed by atoms with E-state index in [0.29, 0.717) is 12.2 Å². The van der Waals surface area contributed by atoms with E-state index in [1.165, 1.54) is 13.2 Å². The molecule has 0 aromatic heterocycles. The number of nitrogens with two attached hydrogens (primary N) is 1. The molecule has 0 saturated heterocycles. The van der Waals surface area contributed by atoms with Gasteiger partial charge in [0, 0.05) is 6.42 Å². The molecule has 114 valence electrons. The molecule has 2 atom stereocenters.